The first kappa shape index (κ1) is 17.4. The van der Waals surface area contributed by atoms with Crippen molar-refractivity contribution in [2.24, 2.45) is 0 Å². The van der Waals surface area contributed by atoms with Crippen LogP contribution in [0, 0.1) is 0 Å². The lowest BCUT2D eigenvalue weighted by atomic mass is 10.1. The number of sulfone groups is 1. The van der Waals surface area contributed by atoms with Crippen molar-refractivity contribution in [3.8, 4) is 0 Å². The van der Waals surface area contributed by atoms with E-state index in [0.717, 1.165) is 11.8 Å². The van der Waals surface area contributed by atoms with Gasteiger partial charge in [-0.05, 0) is 5.56 Å². The van der Waals surface area contributed by atoms with Crippen LogP contribution in [0.4, 0.5) is 0 Å². The third-order valence-electron chi connectivity index (χ3n) is 3.47. The normalized spacial score (nSPS) is 18.7. The van der Waals surface area contributed by atoms with E-state index in [2.05, 4.69) is 5.32 Å². The summed E-state index contributed by atoms with van der Waals surface area (Å²) in [6, 6.07) is 8.60. The lowest BCUT2D eigenvalue weighted by Gasteiger charge is -2.34. The number of benzene rings is 1. The van der Waals surface area contributed by atoms with Gasteiger partial charge in [0.25, 0.3) is 0 Å². The summed E-state index contributed by atoms with van der Waals surface area (Å²) in [5.41, 5.74) is 0.914. The molecule has 23 heavy (non-hydrogen) atoms. The zero-order chi connectivity index (χ0) is 16.9. The third-order valence-corrected chi connectivity index (χ3v) is 4.41. The Labute approximate surface area is 135 Å². The quantitative estimate of drug-likeness (QED) is 0.759. The number of hydrogen-bond acceptors (Lipinski definition) is 5. The number of morpholine rings is 1. The average molecular weight is 340 g/mol. The van der Waals surface area contributed by atoms with E-state index in [1.54, 1.807) is 0 Å². The molecule has 1 N–H and O–H groups in total. The van der Waals surface area contributed by atoms with Gasteiger partial charge in [0, 0.05) is 19.3 Å². The van der Waals surface area contributed by atoms with Gasteiger partial charge in [0.1, 0.15) is 22.5 Å². The molecule has 2 rings (SSSR count). The average Bonchev–Trinajstić information content (AvgIpc) is 2.49. The molecule has 126 valence electrons. The maximum absolute atomic E-state index is 12.3. The maximum atomic E-state index is 12.3. The Hall–Kier alpha value is -1.93. The molecule has 0 unspecified atom stereocenters. The fourth-order valence-electron chi connectivity index (χ4n) is 2.28. The molecule has 0 aromatic heterocycles. The minimum atomic E-state index is -3.15. The van der Waals surface area contributed by atoms with Crippen LogP contribution in [0.2, 0.25) is 0 Å². The minimum absolute atomic E-state index is 0.0154. The summed E-state index contributed by atoms with van der Waals surface area (Å²) in [6.45, 7) is 0.373. The lowest BCUT2D eigenvalue weighted by molar-refractivity contribution is -0.155. The molecule has 1 aromatic carbocycles. The van der Waals surface area contributed by atoms with Gasteiger partial charge in [-0.25, -0.2) is 8.42 Å². The van der Waals surface area contributed by atoms with Crippen LogP contribution in [0.25, 0.3) is 0 Å². The Morgan fingerprint density at radius 2 is 2.04 bits per heavy atom. The van der Waals surface area contributed by atoms with Gasteiger partial charge in [0.05, 0.1) is 12.4 Å². The number of rotatable bonds is 6. The van der Waals surface area contributed by atoms with Crippen molar-refractivity contribution in [1.29, 1.82) is 0 Å². The van der Waals surface area contributed by atoms with Crippen molar-refractivity contribution in [2.75, 3.05) is 31.8 Å². The number of carbonyl (C=O) groups is 2. The fourth-order valence-corrected chi connectivity index (χ4v) is 2.75. The monoisotopic (exact) mass is 340 g/mol. The van der Waals surface area contributed by atoms with E-state index in [9.17, 15) is 18.0 Å². The number of carbonyl (C=O) groups excluding carboxylic acids is 2. The van der Waals surface area contributed by atoms with Crippen molar-refractivity contribution in [3.05, 3.63) is 35.9 Å². The largest absolute Gasteiger partial charge is 0.369 e. The Morgan fingerprint density at radius 3 is 2.70 bits per heavy atom. The van der Waals surface area contributed by atoms with Crippen LogP contribution in [-0.4, -0.2) is 62.9 Å². The second-order valence-electron chi connectivity index (χ2n) is 5.46. The van der Waals surface area contributed by atoms with E-state index in [4.69, 9.17) is 4.74 Å². The Kier molecular flexibility index (Phi) is 5.73. The Morgan fingerprint density at radius 1 is 1.35 bits per heavy atom. The van der Waals surface area contributed by atoms with Gasteiger partial charge in [0.15, 0.2) is 0 Å². The van der Waals surface area contributed by atoms with Crippen molar-refractivity contribution in [1.82, 2.24) is 10.2 Å². The molecule has 1 aliphatic rings. The van der Waals surface area contributed by atoms with Gasteiger partial charge < -0.3 is 15.0 Å². The van der Waals surface area contributed by atoms with Crippen LogP contribution in [0.15, 0.2) is 30.3 Å². The predicted octanol–water partition coefficient (Wildman–Crippen LogP) is -0.425. The molecular formula is C15H20N2O5S. The van der Waals surface area contributed by atoms with Crippen LogP contribution >= 0.6 is 0 Å². The van der Waals surface area contributed by atoms with Crippen molar-refractivity contribution in [2.45, 2.75) is 12.6 Å². The minimum Gasteiger partial charge on any atom is -0.369 e. The van der Waals surface area contributed by atoms with Crippen LogP contribution in [0.1, 0.15) is 5.56 Å². The SMILES string of the molecule is CS(=O)(=O)CCNC(=O)[C@H]1COCC(=O)N1Cc1ccccc1. The van der Waals surface area contributed by atoms with Gasteiger partial charge >= 0.3 is 0 Å². The third kappa shape index (κ3) is 5.33. The van der Waals surface area contributed by atoms with Crippen LogP contribution in [0.3, 0.4) is 0 Å². The van der Waals surface area contributed by atoms with Crippen molar-refractivity contribution in [3.63, 3.8) is 0 Å². The summed E-state index contributed by atoms with van der Waals surface area (Å²) in [4.78, 5) is 25.8. The summed E-state index contributed by atoms with van der Waals surface area (Å²) in [5.74, 6) is -0.806. The Bertz CT molecular complexity index is 660. The van der Waals surface area contributed by atoms with E-state index >= 15 is 0 Å². The van der Waals surface area contributed by atoms with E-state index in [1.165, 1.54) is 4.90 Å². The molecular weight excluding hydrogens is 320 g/mol. The van der Waals surface area contributed by atoms with Crippen LogP contribution in [-0.2, 0) is 30.7 Å². The molecule has 0 bridgehead atoms. The van der Waals surface area contributed by atoms with Gasteiger partial charge in [-0.2, -0.15) is 0 Å². The van der Waals surface area contributed by atoms with Gasteiger partial charge in [-0.1, -0.05) is 30.3 Å². The Balaban J connectivity index is 2.01. The topological polar surface area (TPSA) is 92.8 Å². The van der Waals surface area contributed by atoms with Gasteiger partial charge in [-0.3, -0.25) is 9.59 Å². The predicted molar refractivity (Wildman–Crippen MR) is 84.3 cm³/mol. The first-order chi connectivity index (χ1) is 10.9. The molecule has 0 saturated carbocycles. The summed E-state index contributed by atoms with van der Waals surface area (Å²) < 4.78 is 27.4. The summed E-state index contributed by atoms with van der Waals surface area (Å²) in [6.07, 6.45) is 1.11. The molecule has 0 spiro atoms. The molecule has 1 saturated heterocycles. The molecule has 1 aromatic rings. The highest BCUT2D eigenvalue weighted by atomic mass is 32.2. The summed E-state index contributed by atoms with van der Waals surface area (Å²) in [7, 11) is -3.15. The van der Waals surface area contributed by atoms with Gasteiger partial charge in [0.2, 0.25) is 11.8 Å². The number of nitrogens with zero attached hydrogens (tertiary/aromatic N) is 1. The van der Waals surface area contributed by atoms with E-state index in [0.29, 0.717) is 6.54 Å². The molecule has 2 amide bonds. The van der Waals surface area contributed by atoms with E-state index in [-0.39, 0.29) is 31.4 Å². The number of hydrogen-bond donors (Lipinski definition) is 1. The van der Waals surface area contributed by atoms with Crippen molar-refractivity contribution < 1.29 is 22.7 Å². The molecule has 1 heterocycles. The molecule has 1 aliphatic heterocycles. The zero-order valence-corrected chi connectivity index (χ0v) is 13.7. The molecule has 0 radical (unpaired) electrons. The summed E-state index contributed by atoms with van der Waals surface area (Å²) >= 11 is 0. The fraction of sp³-hybridized carbons (Fsp3) is 0.467. The number of amides is 2. The molecule has 1 atom stereocenters. The molecule has 8 heteroatoms. The van der Waals surface area contributed by atoms with E-state index < -0.39 is 21.8 Å². The zero-order valence-electron chi connectivity index (χ0n) is 12.9. The summed E-state index contributed by atoms with van der Waals surface area (Å²) in [5, 5.41) is 2.55. The van der Waals surface area contributed by atoms with Crippen LogP contribution in [0.5, 0.6) is 0 Å². The van der Waals surface area contributed by atoms with Crippen molar-refractivity contribution >= 4 is 21.7 Å². The number of ether oxygens (including phenoxy) is 1. The highest BCUT2D eigenvalue weighted by Crippen LogP contribution is 2.13. The maximum Gasteiger partial charge on any atom is 0.249 e. The lowest BCUT2D eigenvalue weighted by Crippen LogP contribution is -2.56. The van der Waals surface area contributed by atoms with E-state index in [1.807, 2.05) is 30.3 Å². The molecule has 1 fully saturated rings. The molecule has 0 aliphatic carbocycles. The second kappa shape index (κ2) is 7.56. The first-order valence-electron chi connectivity index (χ1n) is 7.23. The first-order valence-corrected chi connectivity index (χ1v) is 9.29. The highest BCUT2D eigenvalue weighted by molar-refractivity contribution is 7.90. The number of nitrogens with one attached hydrogen (secondary N) is 1. The standard InChI is InChI=1S/C15H20N2O5S/c1-23(20,21)8-7-16-15(19)13-10-22-11-14(18)17(13)9-12-5-3-2-4-6-12/h2-6,13H,7-11H2,1H3,(H,16,19)/t13-/m1/s1. The van der Waals surface area contributed by atoms with Crippen LogP contribution < -0.4 is 5.32 Å². The van der Waals surface area contributed by atoms with Gasteiger partial charge in [-0.15, -0.1) is 0 Å². The second-order valence-corrected chi connectivity index (χ2v) is 7.72. The molecule has 7 nitrogen and oxygen atoms in total. The highest BCUT2D eigenvalue weighted by Gasteiger charge is 2.33. The smallest absolute Gasteiger partial charge is 0.249 e.